The number of aromatic nitrogens is 1. The standard InChI is InChI=1S/C21H15BrN2O2/c1-13-6-2-3-7-15(13)20(25)23-14-10-11-19-18(12-14)24-21(26-19)16-8-4-5-9-17(16)22/h2-12H,1H3,(H,23,25). The van der Waals surface area contributed by atoms with Gasteiger partial charge in [0.25, 0.3) is 5.91 Å². The second-order valence-electron chi connectivity index (χ2n) is 5.95. The average Bonchev–Trinajstić information content (AvgIpc) is 3.05. The van der Waals surface area contributed by atoms with Crippen LogP contribution < -0.4 is 5.32 Å². The van der Waals surface area contributed by atoms with Crippen LogP contribution in [0.2, 0.25) is 0 Å². The molecule has 1 amide bonds. The summed E-state index contributed by atoms with van der Waals surface area (Å²) >= 11 is 3.51. The van der Waals surface area contributed by atoms with Crippen molar-refractivity contribution in [3.05, 3.63) is 82.3 Å². The molecular weight excluding hydrogens is 392 g/mol. The number of hydrogen-bond acceptors (Lipinski definition) is 3. The number of nitrogens with one attached hydrogen (secondary N) is 1. The fourth-order valence-corrected chi connectivity index (χ4v) is 3.24. The quantitative estimate of drug-likeness (QED) is 0.466. The van der Waals surface area contributed by atoms with E-state index in [1.807, 2.05) is 73.7 Å². The molecule has 0 bridgehead atoms. The van der Waals surface area contributed by atoms with Gasteiger partial charge in [-0.05, 0) is 64.8 Å². The number of amides is 1. The molecule has 0 radical (unpaired) electrons. The molecule has 4 aromatic rings. The summed E-state index contributed by atoms with van der Waals surface area (Å²) < 4.78 is 6.76. The summed E-state index contributed by atoms with van der Waals surface area (Å²) in [7, 11) is 0. The van der Waals surface area contributed by atoms with Crippen molar-refractivity contribution < 1.29 is 9.21 Å². The summed E-state index contributed by atoms with van der Waals surface area (Å²) in [4.78, 5) is 17.0. The van der Waals surface area contributed by atoms with Crippen molar-refractivity contribution in [3.8, 4) is 11.5 Å². The minimum atomic E-state index is -0.142. The third kappa shape index (κ3) is 3.13. The Morgan fingerprint density at radius 3 is 2.62 bits per heavy atom. The minimum absolute atomic E-state index is 0.142. The zero-order valence-corrected chi connectivity index (χ0v) is 15.6. The third-order valence-corrected chi connectivity index (χ3v) is 4.83. The molecule has 3 aromatic carbocycles. The first-order chi connectivity index (χ1) is 12.6. The molecule has 1 heterocycles. The lowest BCUT2D eigenvalue weighted by Gasteiger charge is -2.07. The number of nitrogens with zero attached hydrogens (tertiary/aromatic N) is 1. The Hall–Kier alpha value is -2.92. The van der Waals surface area contributed by atoms with Crippen molar-refractivity contribution in [3.63, 3.8) is 0 Å². The Morgan fingerprint density at radius 1 is 1.04 bits per heavy atom. The van der Waals surface area contributed by atoms with Gasteiger partial charge >= 0.3 is 0 Å². The van der Waals surface area contributed by atoms with E-state index in [4.69, 9.17) is 4.42 Å². The molecule has 0 saturated heterocycles. The van der Waals surface area contributed by atoms with Crippen LogP contribution in [0.25, 0.3) is 22.6 Å². The average molecular weight is 407 g/mol. The maximum Gasteiger partial charge on any atom is 0.255 e. The molecular formula is C21H15BrN2O2. The van der Waals surface area contributed by atoms with Gasteiger partial charge in [-0.2, -0.15) is 0 Å². The van der Waals surface area contributed by atoms with Gasteiger partial charge in [-0.15, -0.1) is 0 Å². The van der Waals surface area contributed by atoms with Crippen molar-refractivity contribution in [1.82, 2.24) is 4.98 Å². The Bertz CT molecular complexity index is 1120. The highest BCUT2D eigenvalue weighted by Gasteiger charge is 2.13. The second-order valence-corrected chi connectivity index (χ2v) is 6.80. The number of halogens is 1. The molecule has 0 fully saturated rings. The van der Waals surface area contributed by atoms with E-state index in [0.29, 0.717) is 28.2 Å². The Kier molecular flexibility index (Phi) is 4.31. The predicted octanol–water partition coefficient (Wildman–Crippen LogP) is 5.82. The Labute approximate surface area is 159 Å². The molecule has 0 atom stereocenters. The molecule has 0 aliphatic heterocycles. The molecule has 4 nitrogen and oxygen atoms in total. The zero-order chi connectivity index (χ0) is 18.1. The largest absolute Gasteiger partial charge is 0.436 e. The second kappa shape index (κ2) is 6.77. The number of benzene rings is 3. The smallest absolute Gasteiger partial charge is 0.255 e. The van der Waals surface area contributed by atoms with Gasteiger partial charge in [-0.1, -0.05) is 30.3 Å². The van der Waals surface area contributed by atoms with Crippen molar-refractivity contribution in [2.45, 2.75) is 6.92 Å². The summed E-state index contributed by atoms with van der Waals surface area (Å²) in [5, 5.41) is 2.92. The molecule has 1 N–H and O–H groups in total. The van der Waals surface area contributed by atoms with Gasteiger partial charge in [0.2, 0.25) is 5.89 Å². The lowest BCUT2D eigenvalue weighted by Crippen LogP contribution is -2.13. The highest BCUT2D eigenvalue weighted by atomic mass is 79.9. The lowest BCUT2D eigenvalue weighted by atomic mass is 10.1. The molecule has 0 aliphatic carbocycles. The van der Waals surface area contributed by atoms with Crippen LogP contribution in [0, 0.1) is 6.92 Å². The van der Waals surface area contributed by atoms with Gasteiger partial charge in [-0.25, -0.2) is 4.98 Å². The van der Waals surface area contributed by atoms with Gasteiger partial charge in [0.1, 0.15) is 5.52 Å². The van der Waals surface area contributed by atoms with Crippen LogP contribution in [0.3, 0.4) is 0 Å². The van der Waals surface area contributed by atoms with Crippen LogP contribution in [0.1, 0.15) is 15.9 Å². The molecule has 0 saturated carbocycles. The first kappa shape index (κ1) is 16.5. The van der Waals surface area contributed by atoms with Gasteiger partial charge in [0.05, 0.1) is 5.56 Å². The summed E-state index contributed by atoms with van der Waals surface area (Å²) in [5.41, 5.74) is 4.51. The summed E-state index contributed by atoms with van der Waals surface area (Å²) in [6, 6.07) is 20.7. The van der Waals surface area contributed by atoms with Crippen molar-refractivity contribution in [2.75, 3.05) is 5.32 Å². The van der Waals surface area contributed by atoms with E-state index < -0.39 is 0 Å². The molecule has 0 aliphatic rings. The highest BCUT2D eigenvalue weighted by Crippen LogP contribution is 2.31. The molecule has 5 heteroatoms. The van der Waals surface area contributed by atoms with Crippen molar-refractivity contribution >= 4 is 38.6 Å². The molecule has 0 unspecified atom stereocenters. The normalized spacial score (nSPS) is 10.8. The van der Waals surface area contributed by atoms with Crippen LogP contribution in [0.4, 0.5) is 5.69 Å². The molecule has 128 valence electrons. The van der Waals surface area contributed by atoms with Gasteiger partial charge < -0.3 is 9.73 Å². The fourth-order valence-electron chi connectivity index (χ4n) is 2.78. The van der Waals surface area contributed by atoms with Crippen LogP contribution in [-0.2, 0) is 0 Å². The van der Waals surface area contributed by atoms with Gasteiger partial charge in [0.15, 0.2) is 5.58 Å². The topological polar surface area (TPSA) is 55.1 Å². The maximum absolute atomic E-state index is 12.5. The van der Waals surface area contributed by atoms with E-state index in [0.717, 1.165) is 15.6 Å². The Morgan fingerprint density at radius 2 is 1.81 bits per heavy atom. The zero-order valence-electron chi connectivity index (χ0n) is 14.0. The number of aryl methyl sites for hydroxylation is 1. The molecule has 0 spiro atoms. The number of rotatable bonds is 3. The molecule has 1 aromatic heterocycles. The van der Waals surface area contributed by atoms with E-state index in [2.05, 4.69) is 26.2 Å². The Balaban J connectivity index is 1.65. The van der Waals surface area contributed by atoms with Crippen LogP contribution in [0.15, 0.2) is 75.6 Å². The number of hydrogen-bond donors (Lipinski definition) is 1. The van der Waals surface area contributed by atoms with E-state index in [1.54, 1.807) is 0 Å². The van der Waals surface area contributed by atoms with E-state index in [1.165, 1.54) is 0 Å². The van der Waals surface area contributed by atoms with E-state index >= 15 is 0 Å². The fraction of sp³-hybridized carbons (Fsp3) is 0.0476. The number of anilines is 1. The number of oxazole rings is 1. The van der Waals surface area contributed by atoms with Gasteiger partial charge in [0, 0.05) is 15.7 Å². The van der Waals surface area contributed by atoms with Gasteiger partial charge in [-0.3, -0.25) is 4.79 Å². The van der Waals surface area contributed by atoms with Crippen LogP contribution in [0.5, 0.6) is 0 Å². The molecule has 26 heavy (non-hydrogen) atoms. The van der Waals surface area contributed by atoms with Crippen molar-refractivity contribution in [1.29, 1.82) is 0 Å². The lowest BCUT2D eigenvalue weighted by molar-refractivity contribution is 0.102. The van der Waals surface area contributed by atoms with E-state index in [9.17, 15) is 4.79 Å². The number of carbonyl (C=O) groups is 1. The third-order valence-electron chi connectivity index (χ3n) is 4.14. The van der Waals surface area contributed by atoms with Crippen LogP contribution >= 0.6 is 15.9 Å². The monoisotopic (exact) mass is 406 g/mol. The van der Waals surface area contributed by atoms with Crippen molar-refractivity contribution in [2.24, 2.45) is 0 Å². The summed E-state index contributed by atoms with van der Waals surface area (Å²) in [6.45, 7) is 1.92. The number of fused-ring (bicyclic) bond motifs is 1. The van der Waals surface area contributed by atoms with Crippen LogP contribution in [-0.4, -0.2) is 10.9 Å². The van der Waals surface area contributed by atoms with E-state index in [-0.39, 0.29) is 5.91 Å². The predicted molar refractivity (Wildman–Crippen MR) is 106 cm³/mol. The molecule has 4 rings (SSSR count). The first-order valence-corrected chi connectivity index (χ1v) is 8.93. The summed E-state index contributed by atoms with van der Waals surface area (Å²) in [6.07, 6.45) is 0. The SMILES string of the molecule is Cc1ccccc1C(=O)Nc1ccc2oc(-c3ccccc3Br)nc2c1. The minimum Gasteiger partial charge on any atom is -0.436 e. The number of carbonyl (C=O) groups excluding carboxylic acids is 1. The summed E-state index contributed by atoms with van der Waals surface area (Å²) in [5.74, 6) is 0.395. The maximum atomic E-state index is 12.5. The first-order valence-electron chi connectivity index (χ1n) is 8.14. The highest BCUT2D eigenvalue weighted by molar-refractivity contribution is 9.10.